The molecule has 2 aliphatic rings. The van der Waals surface area contributed by atoms with Gasteiger partial charge in [0.2, 0.25) is 0 Å². The molecule has 2 fully saturated rings. The Balaban J connectivity index is 1.04. The number of thiophene rings is 1. The largest absolute Gasteiger partial charge is 0.353 e. The molecule has 3 heterocycles. The van der Waals surface area contributed by atoms with Crippen LogP contribution >= 0.6 is 22.9 Å². The molecule has 0 radical (unpaired) electrons. The fourth-order valence-corrected chi connectivity index (χ4v) is 8.77. The van der Waals surface area contributed by atoms with Crippen LogP contribution in [-0.4, -0.2) is 56.2 Å². The molecule has 2 aromatic heterocycles. The Morgan fingerprint density at radius 1 is 0.938 bits per heavy atom. The van der Waals surface area contributed by atoms with Crippen molar-refractivity contribution in [2.75, 3.05) is 43.4 Å². The van der Waals surface area contributed by atoms with E-state index in [-0.39, 0.29) is 0 Å². The Hall–Kier alpha value is -1.48. The predicted molar refractivity (Wildman–Crippen MR) is 135 cm³/mol. The van der Waals surface area contributed by atoms with E-state index in [0.717, 1.165) is 57.3 Å². The van der Waals surface area contributed by atoms with E-state index in [1.54, 1.807) is 17.6 Å². The maximum absolute atomic E-state index is 12.6. The van der Waals surface area contributed by atoms with E-state index in [9.17, 15) is 8.42 Å². The van der Waals surface area contributed by atoms with Crippen LogP contribution in [0.1, 0.15) is 32.1 Å². The average molecular weight is 490 g/mol. The molecule has 0 spiro atoms. The zero-order valence-corrected chi connectivity index (χ0v) is 20.8. The van der Waals surface area contributed by atoms with Crippen LogP contribution < -0.4 is 4.90 Å². The van der Waals surface area contributed by atoms with Gasteiger partial charge in [-0.3, -0.25) is 4.90 Å². The minimum absolute atomic E-state index is 0.327. The highest BCUT2D eigenvalue weighted by atomic mass is 32.2. The lowest BCUT2D eigenvalue weighted by molar-refractivity contribution is 0.209. The number of anilines is 1. The highest BCUT2D eigenvalue weighted by Crippen LogP contribution is 2.34. The number of aromatic nitrogens is 1. The summed E-state index contributed by atoms with van der Waals surface area (Å²) < 4.78 is 31.6. The molecule has 1 aromatic carbocycles. The third kappa shape index (κ3) is 5.03. The molecule has 1 aliphatic carbocycles. The Labute approximate surface area is 199 Å². The van der Waals surface area contributed by atoms with Crippen molar-refractivity contribution in [3.8, 4) is 0 Å². The van der Waals surface area contributed by atoms with E-state index in [4.69, 9.17) is 4.37 Å². The zero-order chi connectivity index (χ0) is 22.0. The molecule has 0 amide bonds. The summed E-state index contributed by atoms with van der Waals surface area (Å²) in [6.45, 7) is 5.44. The first-order valence-corrected chi connectivity index (χ1v) is 15.0. The van der Waals surface area contributed by atoms with Gasteiger partial charge in [0.15, 0.2) is 9.84 Å². The van der Waals surface area contributed by atoms with Crippen molar-refractivity contribution in [3.63, 3.8) is 0 Å². The highest BCUT2D eigenvalue weighted by molar-refractivity contribution is 7.93. The topological polar surface area (TPSA) is 53.5 Å². The van der Waals surface area contributed by atoms with Crippen molar-refractivity contribution >= 4 is 48.6 Å². The minimum Gasteiger partial charge on any atom is -0.353 e. The molecule has 0 unspecified atom stereocenters. The summed E-state index contributed by atoms with van der Waals surface area (Å²) in [6, 6.07) is 12.1. The summed E-state index contributed by atoms with van der Waals surface area (Å²) in [4.78, 5) is 5.03. The van der Waals surface area contributed by atoms with Crippen LogP contribution in [-0.2, 0) is 9.84 Å². The van der Waals surface area contributed by atoms with Crippen molar-refractivity contribution in [3.05, 3.63) is 41.8 Å². The van der Waals surface area contributed by atoms with Gasteiger partial charge in [-0.25, -0.2) is 8.42 Å². The van der Waals surface area contributed by atoms with Gasteiger partial charge >= 0.3 is 0 Å². The van der Waals surface area contributed by atoms with E-state index in [0.29, 0.717) is 15.9 Å². The van der Waals surface area contributed by atoms with Crippen molar-refractivity contribution in [1.82, 2.24) is 9.27 Å². The number of hydrogen-bond acceptors (Lipinski definition) is 7. The summed E-state index contributed by atoms with van der Waals surface area (Å²) in [6.07, 6.45) is 5.70. The lowest BCUT2D eigenvalue weighted by atomic mass is 9.81. The van der Waals surface area contributed by atoms with Crippen LogP contribution in [0.4, 0.5) is 5.82 Å². The summed E-state index contributed by atoms with van der Waals surface area (Å²) in [7, 11) is -3.10. The van der Waals surface area contributed by atoms with Crippen molar-refractivity contribution < 1.29 is 8.42 Å². The first kappa shape index (κ1) is 22.3. The maximum Gasteiger partial charge on any atom is 0.188 e. The van der Waals surface area contributed by atoms with E-state index in [1.807, 2.05) is 11.4 Å². The van der Waals surface area contributed by atoms with Gasteiger partial charge in [-0.15, -0.1) is 11.3 Å². The Bertz CT molecular complexity index is 1110. The molecular weight excluding hydrogens is 458 g/mol. The predicted octanol–water partition coefficient (Wildman–Crippen LogP) is 5.15. The first-order chi connectivity index (χ1) is 15.6. The molecule has 5 rings (SSSR count). The number of benzene rings is 1. The van der Waals surface area contributed by atoms with Crippen LogP contribution in [0.15, 0.2) is 46.0 Å². The van der Waals surface area contributed by atoms with Gasteiger partial charge in [0.1, 0.15) is 10.0 Å². The van der Waals surface area contributed by atoms with E-state index in [2.05, 4.69) is 34.1 Å². The fourth-order valence-electron chi connectivity index (χ4n) is 5.17. The summed E-state index contributed by atoms with van der Waals surface area (Å²) >= 11 is 2.94. The second kappa shape index (κ2) is 9.79. The van der Waals surface area contributed by atoms with Crippen LogP contribution in [0.3, 0.4) is 0 Å². The van der Waals surface area contributed by atoms with Gasteiger partial charge in [-0.05, 0) is 72.8 Å². The van der Waals surface area contributed by atoms with Crippen LogP contribution in [0.25, 0.3) is 10.1 Å². The Morgan fingerprint density at radius 3 is 2.44 bits per heavy atom. The maximum atomic E-state index is 12.6. The molecule has 0 atom stereocenters. The van der Waals surface area contributed by atoms with E-state index in [1.165, 1.54) is 40.7 Å². The van der Waals surface area contributed by atoms with Gasteiger partial charge in [0.25, 0.3) is 0 Å². The van der Waals surface area contributed by atoms with Crippen LogP contribution in [0.2, 0.25) is 0 Å². The summed E-state index contributed by atoms with van der Waals surface area (Å²) in [5, 5.41) is 3.13. The molecule has 172 valence electrons. The smallest absolute Gasteiger partial charge is 0.188 e. The molecule has 0 bridgehead atoms. The van der Waals surface area contributed by atoms with Gasteiger partial charge in [-0.2, -0.15) is 4.37 Å². The van der Waals surface area contributed by atoms with Crippen LogP contribution in [0.5, 0.6) is 0 Å². The number of piperazine rings is 1. The molecule has 3 aromatic rings. The van der Waals surface area contributed by atoms with Gasteiger partial charge in [-0.1, -0.05) is 31.0 Å². The normalized spacial score (nSPS) is 23.1. The fraction of sp³-hybridized carbons (Fsp3) is 0.542. The number of rotatable bonds is 7. The first-order valence-electron chi connectivity index (χ1n) is 11.7. The number of fused-ring (bicyclic) bond motifs is 1. The third-order valence-corrected chi connectivity index (χ3v) is 11.3. The van der Waals surface area contributed by atoms with E-state index < -0.39 is 9.84 Å². The third-order valence-electron chi connectivity index (χ3n) is 7.11. The standard InChI is InChI=1S/C24H31N3O2S3/c28-32(29,23-6-3-17-30-23)18-20-9-7-19(8-10-20)11-12-26-13-15-27(16-14-26)24-21-4-1-2-5-22(21)31-25-24/h1-6,17,19-20H,7-16,18H2. The SMILES string of the molecule is O=S(=O)(CC1CCC(CCN2CCN(c3nsc4ccccc34)CC2)CC1)c1cccs1. The molecule has 8 heteroatoms. The molecule has 0 N–H and O–H groups in total. The Morgan fingerprint density at radius 2 is 1.69 bits per heavy atom. The second-order valence-corrected chi connectivity index (χ2v) is 13.2. The second-order valence-electron chi connectivity index (χ2n) is 9.22. The molecule has 1 saturated carbocycles. The number of sulfone groups is 1. The zero-order valence-electron chi connectivity index (χ0n) is 18.4. The molecule has 32 heavy (non-hydrogen) atoms. The summed E-state index contributed by atoms with van der Waals surface area (Å²) in [5.41, 5.74) is 0. The van der Waals surface area contributed by atoms with Crippen molar-refractivity contribution in [1.29, 1.82) is 0 Å². The number of nitrogens with zero attached hydrogens (tertiary/aromatic N) is 3. The lowest BCUT2D eigenvalue weighted by Crippen LogP contribution is -2.47. The molecular formula is C24H31N3O2S3. The average Bonchev–Trinajstić information content (AvgIpc) is 3.50. The monoisotopic (exact) mass is 489 g/mol. The summed E-state index contributed by atoms with van der Waals surface area (Å²) in [5.74, 6) is 2.56. The molecule has 1 aliphatic heterocycles. The van der Waals surface area contributed by atoms with Crippen LogP contribution in [0, 0.1) is 11.8 Å². The van der Waals surface area contributed by atoms with Crippen molar-refractivity contribution in [2.45, 2.75) is 36.3 Å². The van der Waals surface area contributed by atoms with Gasteiger partial charge in [0, 0.05) is 31.6 Å². The van der Waals surface area contributed by atoms with Crippen molar-refractivity contribution in [2.24, 2.45) is 11.8 Å². The van der Waals surface area contributed by atoms with Gasteiger partial charge < -0.3 is 4.90 Å². The number of hydrogen-bond donors (Lipinski definition) is 0. The Kier molecular flexibility index (Phi) is 6.83. The highest BCUT2D eigenvalue weighted by Gasteiger charge is 2.28. The van der Waals surface area contributed by atoms with E-state index >= 15 is 0 Å². The molecule has 5 nitrogen and oxygen atoms in total. The van der Waals surface area contributed by atoms with Gasteiger partial charge in [0.05, 0.1) is 10.5 Å². The quantitative estimate of drug-likeness (QED) is 0.459. The molecule has 1 saturated heterocycles. The lowest BCUT2D eigenvalue weighted by Gasteiger charge is -2.36. The minimum atomic E-state index is -3.10.